The molecule has 3 aromatic heterocycles. The molecule has 0 aliphatic heterocycles. The lowest BCUT2D eigenvalue weighted by Crippen LogP contribution is -2.28. The Morgan fingerprint density at radius 1 is 0.974 bits per heavy atom. The minimum absolute atomic E-state index is 0.0167. The molecule has 0 aliphatic rings. The van der Waals surface area contributed by atoms with Gasteiger partial charge in [-0.15, -0.1) is 0 Å². The first-order chi connectivity index (χ1) is 18.8. The number of nitrogens with one attached hydrogen (secondary N) is 1. The Hall–Kier alpha value is -5.30. The summed E-state index contributed by atoms with van der Waals surface area (Å²) in [5.41, 5.74) is 8.14. The fourth-order valence-corrected chi connectivity index (χ4v) is 4.53. The molecule has 1 atom stereocenters. The van der Waals surface area contributed by atoms with E-state index < -0.39 is 6.04 Å². The van der Waals surface area contributed by atoms with Gasteiger partial charge in [0.2, 0.25) is 5.95 Å². The smallest absolute Gasteiger partial charge is 0.266 e. The van der Waals surface area contributed by atoms with E-state index in [0.717, 1.165) is 5.56 Å². The Bertz CT molecular complexity index is 1850. The number of para-hydroxylation sites is 1. The number of nitrogens with two attached hydrogens (primary N) is 1. The Balaban J connectivity index is 1.75. The van der Waals surface area contributed by atoms with Crippen LogP contribution in [0.2, 0.25) is 0 Å². The molecule has 0 bridgehead atoms. The van der Waals surface area contributed by atoms with Crippen LogP contribution in [0.1, 0.15) is 44.2 Å². The topological polar surface area (TPSA) is 145 Å². The summed E-state index contributed by atoms with van der Waals surface area (Å²) in [5.74, 6) is 0.684. The summed E-state index contributed by atoms with van der Waals surface area (Å²) in [7, 11) is 0. The first-order valence-electron chi connectivity index (χ1n) is 12.4. The molecule has 10 heteroatoms. The van der Waals surface area contributed by atoms with Crippen molar-refractivity contribution in [1.29, 1.82) is 5.26 Å². The predicted octanol–water partition coefficient (Wildman–Crippen LogP) is 4.21. The molecule has 0 unspecified atom stereocenters. The zero-order chi connectivity index (χ0) is 27.7. The van der Waals surface area contributed by atoms with Crippen LogP contribution in [0.4, 0.5) is 11.8 Å². The molecule has 0 fully saturated rings. The molecule has 0 spiro atoms. The zero-order valence-corrected chi connectivity index (χ0v) is 21.7. The lowest BCUT2D eigenvalue weighted by molar-refractivity contribution is 0.579. The summed E-state index contributed by atoms with van der Waals surface area (Å²) < 4.78 is 3.19. The molecule has 0 radical (unpaired) electrons. The van der Waals surface area contributed by atoms with Crippen molar-refractivity contribution in [1.82, 2.24) is 24.1 Å². The number of hydrogen-bond acceptors (Lipinski definition) is 8. The van der Waals surface area contributed by atoms with Crippen molar-refractivity contribution in [3.8, 4) is 22.9 Å². The molecule has 0 amide bonds. The van der Waals surface area contributed by atoms with Crippen molar-refractivity contribution in [2.24, 2.45) is 0 Å². The van der Waals surface area contributed by atoms with E-state index in [1.165, 1.54) is 12.3 Å². The number of nitriles is 1. The number of pyridine rings is 1. The van der Waals surface area contributed by atoms with Crippen molar-refractivity contribution in [2.45, 2.75) is 32.9 Å². The highest BCUT2D eigenvalue weighted by molar-refractivity contribution is 5.94. The molecule has 194 valence electrons. The number of nitrogens with zero attached hydrogens (tertiary/aromatic N) is 6. The Morgan fingerprint density at radius 3 is 2.46 bits per heavy atom. The third-order valence-corrected chi connectivity index (χ3v) is 6.41. The quantitative estimate of drug-likeness (QED) is 0.340. The molecule has 3 N–H and O–H groups in total. The van der Waals surface area contributed by atoms with Crippen LogP contribution < -0.4 is 22.2 Å². The summed E-state index contributed by atoms with van der Waals surface area (Å²) in [6.07, 6.45) is 3.12. The fourth-order valence-electron chi connectivity index (χ4n) is 4.53. The average molecular weight is 519 g/mol. The molecular formula is C29H26N8O2. The number of hydrogen-bond donors (Lipinski definition) is 2. The first-order valence-corrected chi connectivity index (χ1v) is 12.4. The second-order valence-electron chi connectivity index (χ2n) is 9.37. The molecular weight excluding hydrogens is 492 g/mol. The van der Waals surface area contributed by atoms with E-state index in [1.54, 1.807) is 27.5 Å². The van der Waals surface area contributed by atoms with Gasteiger partial charge >= 0.3 is 0 Å². The maximum atomic E-state index is 14.3. The van der Waals surface area contributed by atoms with E-state index in [2.05, 4.69) is 21.4 Å². The molecule has 0 saturated heterocycles. The molecule has 3 heterocycles. The Kier molecular flexibility index (Phi) is 6.64. The van der Waals surface area contributed by atoms with Gasteiger partial charge in [-0.05, 0) is 56.2 Å². The number of benzene rings is 2. The van der Waals surface area contributed by atoms with Gasteiger partial charge in [-0.1, -0.05) is 30.3 Å². The van der Waals surface area contributed by atoms with E-state index in [9.17, 15) is 14.9 Å². The first kappa shape index (κ1) is 25.4. The van der Waals surface area contributed by atoms with Crippen molar-refractivity contribution in [3.05, 3.63) is 105 Å². The maximum absolute atomic E-state index is 14.3. The standard InChI is InChI=1S/C29H26N8O2/c1-17(2)36-16-19(12-13-24(36)38)22-10-7-11-23-25(22)28(39)37(21-8-5-4-6-9-21)27(34-23)18(3)33-26-20(14-30)15-32-29(31)35-26/h4-13,15-18H,1-3H3,(H3,31,32,33,35)/t18-/m0/s1. The predicted molar refractivity (Wildman–Crippen MR) is 151 cm³/mol. The number of rotatable bonds is 6. The molecule has 0 aliphatic carbocycles. The van der Waals surface area contributed by atoms with Crippen LogP contribution in [-0.2, 0) is 0 Å². The van der Waals surface area contributed by atoms with Crippen LogP contribution in [-0.4, -0.2) is 24.1 Å². The largest absolute Gasteiger partial charge is 0.368 e. The second kappa shape index (κ2) is 10.2. The fraction of sp³-hybridized carbons (Fsp3) is 0.172. The van der Waals surface area contributed by atoms with Crippen molar-refractivity contribution in [3.63, 3.8) is 0 Å². The van der Waals surface area contributed by atoms with E-state index in [4.69, 9.17) is 10.7 Å². The summed E-state index contributed by atoms with van der Waals surface area (Å²) >= 11 is 0. The van der Waals surface area contributed by atoms with Gasteiger partial charge in [-0.25, -0.2) is 9.97 Å². The van der Waals surface area contributed by atoms with Gasteiger partial charge in [0.25, 0.3) is 11.1 Å². The van der Waals surface area contributed by atoms with Gasteiger partial charge in [-0.3, -0.25) is 14.2 Å². The van der Waals surface area contributed by atoms with E-state index in [0.29, 0.717) is 28.0 Å². The SMILES string of the molecule is CC(C)n1cc(-c2cccc3nc([C@H](C)Nc4nc(N)ncc4C#N)n(-c4ccccc4)c(=O)c23)ccc1=O. The Morgan fingerprint density at radius 2 is 1.74 bits per heavy atom. The molecule has 39 heavy (non-hydrogen) atoms. The lowest BCUT2D eigenvalue weighted by atomic mass is 10.0. The molecule has 0 saturated carbocycles. The molecule has 10 nitrogen and oxygen atoms in total. The van der Waals surface area contributed by atoms with Gasteiger partial charge in [0.05, 0.1) is 28.8 Å². The molecule has 5 rings (SSSR count). The van der Waals surface area contributed by atoms with Crippen LogP contribution in [0.3, 0.4) is 0 Å². The minimum atomic E-state index is -0.546. The van der Waals surface area contributed by atoms with Crippen molar-refractivity contribution >= 4 is 22.7 Å². The number of fused-ring (bicyclic) bond motifs is 1. The third-order valence-electron chi connectivity index (χ3n) is 6.41. The van der Waals surface area contributed by atoms with E-state index in [1.807, 2.05) is 63.2 Å². The van der Waals surface area contributed by atoms with Crippen molar-refractivity contribution in [2.75, 3.05) is 11.1 Å². The second-order valence-corrected chi connectivity index (χ2v) is 9.37. The lowest BCUT2D eigenvalue weighted by Gasteiger charge is -2.21. The van der Waals surface area contributed by atoms with Gasteiger partial charge in [-0.2, -0.15) is 10.2 Å². The van der Waals surface area contributed by atoms with Gasteiger partial charge in [0, 0.05) is 18.3 Å². The molecule has 2 aromatic carbocycles. The Labute approximate surface area is 224 Å². The van der Waals surface area contributed by atoms with Gasteiger partial charge < -0.3 is 15.6 Å². The van der Waals surface area contributed by atoms with Crippen LogP contribution in [0.15, 0.2) is 82.6 Å². The van der Waals surface area contributed by atoms with Crippen LogP contribution in [0.25, 0.3) is 27.7 Å². The summed E-state index contributed by atoms with van der Waals surface area (Å²) in [6.45, 7) is 5.69. The normalized spacial score (nSPS) is 11.9. The highest BCUT2D eigenvalue weighted by Crippen LogP contribution is 2.28. The monoisotopic (exact) mass is 518 g/mol. The minimum Gasteiger partial charge on any atom is -0.368 e. The summed E-state index contributed by atoms with van der Waals surface area (Å²) in [5, 5.41) is 13.1. The van der Waals surface area contributed by atoms with Crippen LogP contribution >= 0.6 is 0 Å². The average Bonchev–Trinajstić information content (AvgIpc) is 2.93. The number of aromatic nitrogens is 5. The zero-order valence-electron chi connectivity index (χ0n) is 21.7. The highest BCUT2D eigenvalue weighted by Gasteiger charge is 2.22. The summed E-state index contributed by atoms with van der Waals surface area (Å²) in [6, 6.07) is 19.4. The van der Waals surface area contributed by atoms with Gasteiger partial charge in [0.1, 0.15) is 23.3 Å². The summed E-state index contributed by atoms with van der Waals surface area (Å²) in [4.78, 5) is 39.7. The third kappa shape index (κ3) is 4.73. The van der Waals surface area contributed by atoms with Gasteiger partial charge in [0.15, 0.2) is 0 Å². The van der Waals surface area contributed by atoms with E-state index >= 15 is 0 Å². The number of nitrogen functional groups attached to an aromatic ring is 1. The maximum Gasteiger partial charge on any atom is 0.266 e. The van der Waals surface area contributed by atoms with E-state index in [-0.39, 0.29) is 34.5 Å². The number of anilines is 2. The van der Waals surface area contributed by atoms with Crippen molar-refractivity contribution < 1.29 is 0 Å². The van der Waals surface area contributed by atoms with Crippen LogP contribution in [0.5, 0.6) is 0 Å². The highest BCUT2D eigenvalue weighted by atomic mass is 16.1. The molecule has 5 aromatic rings. The van der Waals surface area contributed by atoms with Crippen LogP contribution in [0, 0.1) is 11.3 Å².